The zero-order valence-corrected chi connectivity index (χ0v) is 14.2. The van der Waals surface area contributed by atoms with Crippen molar-refractivity contribution >= 4 is 27.7 Å². The molecule has 0 saturated carbocycles. The highest BCUT2D eigenvalue weighted by molar-refractivity contribution is 9.10. The lowest BCUT2D eigenvalue weighted by molar-refractivity contribution is 0.0549. The van der Waals surface area contributed by atoms with Crippen LogP contribution < -0.4 is 9.64 Å². The number of halogens is 1. The van der Waals surface area contributed by atoms with Gasteiger partial charge in [-0.3, -0.25) is 4.90 Å². The van der Waals surface area contributed by atoms with Gasteiger partial charge in [-0.2, -0.15) is 0 Å². The van der Waals surface area contributed by atoms with Crippen LogP contribution >= 0.6 is 15.9 Å². The van der Waals surface area contributed by atoms with Crippen molar-refractivity contribution in [1.82, 2.24) is 0 Å². The largest absolute Gasteiger partial charge is 0.485 e. The molecule has 7 nitrogen and oxygen atoms in total. The summed E-state index contributed by atoms with van der Waals surface area (Å²) in [6, 6.07) is 5.42. The normalized spacial score (nSPS) is 17.1. The maximum Gasteiger partial charge on any atom is 0.415 e. The van der Waals surface area contributed by atoms with Crippen molar-refractivity contribution in [2.45, 2.75) is 32.5 Å². The Morgan fingerprint density at radius 2 is 2.32 bits per heavy atom. The van der Waals surface area contributed by atoms with Gasteiger partial charge >= 0.3 is 6.09 Å². The zero-order valence-electron chi connectivity index (χ0n) is 12.6. The molecule has 0 spiro atoms. The summed E-state index contributed by atoms with van der Waals surface area (Å²) in [6.45, 7) is 5.83. The molecule has 0 radical (unpaired) electrons. The number of hydrogen-bond donors (Lipinski definition) is 0. The van der Waals surface area contributed by atoms with Crippen molar-refractivity contribution in [3.63, 3.8) is 0 Å². The van der Waals surface area contributed by atoms with Crippen LogP contribution in [0.3, 0.4) is 0 Å². The van der Waals surface area contributed by atoms with Crippen LogP contribution in [0.1, 0.15) is 20.8 Å². The fourth-order valence-electron chi connectivity index (χ4n) is 2.05. The fourth-order valence-corrected chi connectivity index (χ4v) is 2.49. The summed E-state index contributed by atoms with van der Waals surface area (Å²) in [5.41, 5.74) is 8.49. The summed E-state index contributed by atoms with van der Waals surface area (Å²) in [7, 11) is 0. The molecule has 0 fully saturated rings. The molecule has 1 amide bonds. The monoisotopic (exact) mass is 368 g/mol. The quantitative estimate of drug-likeness (QED) is 0.443. The molecule has 0 saturated heterocycles. The van der Waals surface area contributed by atoms with Crippen molar-refractivity contribution < 1.29 is 14.3 Å². The highest BCUT2D eigenvalue weighted by atomic mass is 79.9. The molecule has 8 heteroatoms. The van der Waals surface area contributed by atoms with Crippen LogP contribution in [-0.4, -0.2) is 30.9 Å². The third-order valence-corrected chi connectivity index (χ3v) is 3.49. The Kier molecular flexibility index (Phi) is 4.83. The average Bonchev–Trinajstić information content (AvgIpc) is 2.43. The smallest absolute Gasteiger partial charge is 0.415 e. The molecule has 22 heavy (non-hydrogen) atoms. The van der Waals surface area contributed by atoms with E-state index in [1.807, 2.05) is 32.9 Å². The number of ether oxygens (including phenoxy) is 2. The first-order valence-electron chi connectivity index (χ1n) is 6.78. The average molecular weight is 369 g/mol. The Bertz CT molecular complexity index is 623. The molecule has 0 aliphatic carbocycles. The van der Waals surface area contributed by atoms with Crippen LogP contribution in [0.2, 0.25) is 0 Å². The van der Waals surface area contributed by atoms with E-state index in [9.17, 15) is 4.79 Å². The summed E-state index contributed by atoms with van der Waals surface area (Å²) in [5.74, 6) is 0.540. The summed E-state index contributed by atoms with van der Waals surface area (Å²) < 4.78 is 12.0. The second kappa shape index (κ2) is 6.46. The number of amides is 1. The molecule has 1 aliphatic rings. The highest BCUT2D eigenvalue weighted by Crippen LogP contribution is 2.40. The summed E-state index contributed by atoms with van der Waals surface area (Å²) in [5, 5.41) is 3.53. The van der Waals surface area contributed by atoms with E-state index in [2.05, 4.69) is 26.0 Å². The maximum absolute atomic E-state index is 12.4. The van der Waals surface area contributed by atoms with Gasteiger partial charge in [0.05, 0.1) is 23.2 Å². The molecule has 0 unspecified atom stereocenters. The van der Waals surface area contributed by atoms with E-state index >= 15 is 0 Å². The number of carbonyl (C=O) groups is 1. The predicted octanol–water partition coefficient (Wildman–Crippen LogP) is 4.26. The Morgan fingerprint density at radius 1 is 1.59 bits per heavy atom. The second-order valence-electron chi connectivity index (χ2n) is 5.83. The third-order valence-electron chi connectivity index (χ3n) is 2.87. The molecule has 0 N–H and O–H groups in total. The number of carbonyl (C=O) groups excluding carboxylic acids is 1. The van der Waals surface area contributed by atoms with E-state index in [0.29, 0.717) is 11.4 Å². The van der Waals surface area contributed by atoms with Gasteiger partial charge in [0.2, 0.25) is 0 Å². The standard InChI is InChI=1S/C14H17BrN4O3/c1-14(2,3)22-13(20)19-8-9(7-17-18-16)21-12-10(15)5-4-6-11(12)19/h4-6,9H,7-8H2,1-3H3/t9-/m0/s1. The number of para-hydroxylation sites is 1. The first kappa shape index (κ1) is 16.5. The van der Waals surface area contributed by atoms with Gasteiger partial charge in [0.1, 0.15) is 11.7 Å². The number of hydrogen-bond acceptors (Lipinski definition) is 4. The van der Waals surface area contributed by atoms with Crippen molar-refractivity contribution in [1.29, 1.82) is 0 Å². The first-order valence-corrected chi connectivity index (χ1v) is 7.57. The zero-order chi connectivity index (χ0) is 16.3. The predicted molar refractivity (Wildman–Crippen MR) is 86.2 cm³/mol. The van der Waals surface area contributed by atoms with Crippen molar-refractivity contribution in [3.05, 3.63) is 33.1 Å². The molecule has 0 bridgehead atoms. The minimum Gasteiger partial charge on any atom is -0.485 e. The molecule has 1 heterocycles. The Balaban J connectivity index is 2.33. The molecular weight excluding hydrogens is 352 g/mol. The van der Waals surface area contributed by atoms with Crippen molar-refractivity contribution in [2.24, 2.45) is 5.11 Å². The van der Waals surface area contributed by atoms with Gasteiger partial charge in [0.15, 0.2) is 5.75 Å². The Morgan fingerprint density at radius 3 is 2.95 bits per heavy atom. The molecule has 1 aliphatic heterocycles. The summed E-state index contributed by atoms with van der Waals surface area (Å²) in [4.78, 5) is 16.7. The molecule has 118 valence electrons. The van der Waals surface area contributed by atoms with Gasteiger partial charge in [0, 0.05) is 4.91 Å². The Labute approximate surface area is 136 Å². The summed E-state index contributed by atoms with van der Waals surface area (Å²) >= 11 is 3.41. The first-order chi connectivity index (χ1) is 10.3. The van der Waals surface area contributed by atoms with E-state index in [4.69, 9.17) is 15.0 Å². The lowest BCUT2D eigenvalue weighted by Crippen LogP contribution is -2.46. The molecule has 1 aromatic carbocycles. The third kappa shape index (κ3) is 3.84. The van der Waals surface area contributed by atoms with Crippen LogP contribution in [-0.2, 0) is 4.74 Å². The van der Waals surface area contributed by atoms with Gasteiger partial charge < -0.3 is 9.47 Å². The number of benzene rings is 1. The SMILES string of the molecule is CC(C)(C)OC(=O)N1C[C@H](CN=[N+]=[N-])Oc2c(Br)cccc21. The van der Waals surface area contributed by atoms with E-state index in [1.165, 1.54) is 4.90 Å². The topological polar surface area (TPSA) is 87.5 Å². The van der Waals surface area contributed by atoms with Crippen molar-refractivity contribution in [3.8, 4) is 5.75 Å². The van der Waals surface area contributed by atoms with E-state index in [-0.39, 0.29) is 13.1 Å². The van der Waals surface area contributed by atoms with Gasteiger partial charge in [-0.15, -0.1) is 0 Å². The van der Waals surface area contributed by atoms with Crippen LogP contribution in [0.5, 0.6) is 5.75 Å². The van der Waals surface area contributed by atoms with Crippen LogP contribution in [0.25, 0.3) is 10.4 Å². The van der Waals surface area contributed by atoms with Gasteiger partial charge in [-0.05, 0) is 54.4 Å². The van der Waals surface area contributed by atoms with Crippen LogP contribution in [0.4, 0.5) is 10.5 Å². The van der Waals surface area contributed by atoms with Crippen LogP contribution in [0, 0.1) is 0 Å². The Hall–Kier alpha value is -1.92. The van der Waals surface area contributed by atoms with E-state index in [1.54, 1.807) is 6.07 Å². The number of azide groups is 1. The number of fused-ring (bicyclic) bond motifs is 1. The fraction of sp³-hybridized carbons (Fsp3) is 0.500. The van der Waals surface area contributed by atoms with Gasteiger partial charge in [0.25, 0.3) is 0 Å². The molecule has 1 aromatic rings. The van der Waals surface area contributed by atoms with Gasteiger partial charge in [-0.25, -0.2) is 4.79 Å². The maximum atomic E-state index is 12.4. The van der Waals surface area contributed by atoms with E-state index < -0.39 is 17.8 Å². The van der Waals surface area contributed by atoms with E-state index in [0.717, 1.165) is 4.47 Å². The number of rotatable bonds is 2. The molecular formula is C14H17BrN4O3. The van der Waals surface area contributed by atoms with Crippen molar-refractivity contribution in [2.75, 3.05) is 18.0 Å². The minimum absolute atomic E-state index is 0.135. The number of anilines is 1. The number of nitrogens with zero attached hydrogens (tertiary/aromatic N) is 4. The lowest BCUT2D eigenvalue weighted by Gasteiger charge is -2.35. The molecule has 2 rings (SSSR count). The second-order valence-corrected chi connectivity index (χ2v) is 6.69. The lowest BCUT2D eigenvalue weighted by atomic mass is 10.2. The van der Waals surface area contributed by atoms with Gasteiger partial charge in [-0.1, -0.05) is 11.2 Å². The minimum atomic E-state index is -0.595. The summed E-state index contributed by atoms with van der Waals surface area (Å²) in [6.07, 6.45) is -0.879. The molecule has 1 atom stereocenters. The highest BCUT2D eigenvalue weighted by Gasteiger charge is 2.33. The molecule has 0 aromatic heterocycles. The van der Waals surface area contributed by atoms with Crippen LogP contribution in [0.15, 0.2) is 27.8 Å².